The van der Waals surface area contributed by atoms with E-state index in [2.05, 4.69) is 0 Å². The van der Waals surface area contributed by atoms with Gasteiger partial charge < -0.3 is 9.84 Å². The first-order chi connectivity index (χ1) is 19.0. The number of nitrogens with zero attached hydrogens (tertiary/aromatic N) is 1. The molecule has 1 aliphatic heterocycles. The zero-order valence-corrected chi connectivity index (χ0v) is 20.6. The van der Waals surface area contributed by atoms with Gasteiger partial charge in [-0.2, -0.15) is 0 Å². The van der Waals surface area contributed by atoms with Gasteiger partial charge in [0.05, 0.1) is 11.6 Å². The van der Waals surface area contributed by atoms with Crippen LogP contribution >= 0.6 is 0 Å². The van der Waals surface area contributed by atoms with Crippen LogP contribution in [-0.2, 0) is 9.59 Å². The Labute approximate surface area is 224 Å². The molecule has 1 saturated heterocycles. The van der Waals surface area contributed by atoms with Crippen molar-refractivity contribution in [2.24, 2.45) is 0 Å². The van der Waals surface area contributed by atoms with Crippen LogP contribution in [0.1, 0.15) is 17.2 Å². The van der Waals surface area contributed by atoms with Crippen LogP contribution in [-0.4, -0.2) is 16.8 Å². The normalized spacial score (nSPS) is 16.5. The first kappa shape index (κ1) is 24.1. The highest BCUT2D eigenvalue weighted by Gasteiger charge is 2.47. The molecule has 6 rings (SSSR count). The Morgan fingerprint density at radius 2 is 1.41 bits per heavy atom. The predicted molar refractivity (Wildman–Crippen MR) is 148 cm³/mol. The fourth-order valence-corrected chi connectivity index (χ4v) is 4.97. The second kappa shape index (κ2) is 9.91. The van der Waals surface area contributed by atoms with Gasteiger partial charge in [0.25, 0.3) is 11.7 Å². The number of anilines is 1. The van der Waals surface area contributed by atoms with Crippen LogP contribution in [0.2, 0.25) is 0 Å². The molecule has 1 aliphatic rings. The average molecular weight is 516 g/mol. The SMILES string of the molecule is O=C1C(=O)N(c2ccc(F)cc2)C(c2cccc(Oc3ccccc3)c2)/C1=C(/O)c1cccc2ccccc12. The number of fused-ring (bicyclic) bond motifs is 1. The van der Waals surface area contributed by atoms with Gasteiger partial charge in [0.2, 0.25) is 0 Å². The van der Waals surface area contributed by atoms with E-state index in [4.69, 9.17) is 4.74 Å². The van der Waals surface area contributed by atoms with E-state index in [0.717, 1.165) is 10.8 Å². The molecule has 1 atom stereocenters. The first-order valence-corrected chi connectivity index (χ1v) is 12.4. The highest BCUT2D eigenvalue weighted by Crippen LogP contribution is 2.43. The number of hydrogen-bond donors (Lipinski definition) is 1. The van der Waals surface area contributed by atoms with Crippen molar-refractivity contribution in [2.45, 2.75) is 6.04 Å². The molecular formula is C33H22FNO4. The average Bonchev–Trinajstić information content (AvgIpc) is 3.23. The summed E-state index contributed by atoms with van der Waals surface area (Å²) < 4.78 is 19.8. The molecule has 1 fully saturated rings. The topological polar surface area (TPSA) is 66.8 Å². The summed E-state index contributed by atoms with van der Waals surface area (Å²) in [6, 6.07) is 33.5. The molecule has 0 aromatic heterocycles. The number of rotatable bonds is 5. The number of ketones is 1. The standard InChI is InChI=1S/C33H22FNO4/c34-23-16-18-24(19-17-23)35-30(22-10-6-13-26(20-22)39-25-11-2-1-3-12-25)29(32(37)33(35)38)31(36)28-15-7-9-21-8-4-5-14-27(21)28/h1-20,30,36H/b31-29-. The summed E-state index contributed by atoms with van der Waals surface area (Å²) >= 11 is 0. The minimum Gasteiger partial charge on any atom is -0.507 e. The lowest BCUT2D eigenvalue weighted by Crippen LogP contribution is -2.29. The monoisotopic (exact) mass is 515 g/mol. The Kier molecular flexibility index (Phi) is 6.13. The molecule has 0 aliphatic carbocycles. The summed E-state index contributed by atoms with van der Waals surface area (Å²) in [5.74, 6) is -1.28. The number of benzene rings is 5. The number of Topliss-reactive ketones (excluding diaryl/α,β-unsaturated/α-hetero) is 1. The summed E-state index contributed by atoms with van der Waals surface area (Å²) in [5.41, 5.74) is 1.26. The molecule has 5 aromatic rings. The number of carbonyl (C=O) groups excluding carboxylic acids is 2. The number of halogens is 1. The van der Waals surface area contributed by atoms with Crippen LogP contribution in [0.4, 0.5) is 10.1 Å². The van der Waals surface area contributed by atoms with E-state index in [1.807, 2.05) is 60.7 Å². The third-order valence-electron chi connectivity index (χ3n) is 6.75. The third-order valence-corrected chi connectivity index (χ3v) is 6.75. The van der Waals surface area contributed by atoms with Gasteiger partial charge >= 0.3 is 0 Å². The molecule has 0 spiro atoms. The maximum atomic E-state index is 13.8. The zero-order chi connectivity index (χ0) is 26.9. The Hall–Kier alpha value is -5.23. The third kappa shape index (κ3) is 4.42. The van der Waals surface area contributed by atoms with E-state index < -0.39 is 23.5 Å². The summed E-state index contributed by atoms with van der Waals surface area (Å²) in [4.78, 5) is 28.3. The van der Waals surface area contributed by atoms with E-state index in [1.165, 1.54) is 29.2 Å². The number of ether oxygens (including phenoxy) is 1. The van der Waals surface area contributed by atoms with Crippen LogP contribution in [0, 0.1) is 5.82 Å². The number of para-hydroxylation sites is 1. The van der Waals surface area contributed by atoms with Crippen LogP contribution in [0.25, 0.3) is 16.5 Å². The summed E-state index contributed by atoms with van der Waals surface area (Å²) in [5, 5.41) is 13.3. The van der Waals surface area contributed by atoms with Crippen molar-refractivity contribution < 1.29 is 23.8 Å². The van der Waals surface area contributed by atoms with Gasteiger partial charge in [0, 0.05) is 11.3 Å². The van der Waals surface area contributed by atoms with E-state index in [0.29, 0.717) is 28.3 Å². The minimum absolute atomic E-state index is 0.0578. The van der Waals surface area contributed by atoms with Crippen LogP contribution in [0.5, 0.6) is 11.5 Å². The number of carbonyl (C=O) groups is 2. The fourth-order valence-electron chi connectivity index (χ4n) is 4.97. The Bertz CT molecular complexity index is 1740. The minimum atomic E-state index is -0.978. The smallest absolute Gasteiger partial charge is 0.300 e. The maximum Gasteiger partial charge on any atom is 0.300 e. The number of hydrogen-bond acceptors (Lipinski definition) is 4. The molecule has 5 aromatic carbocycles. The molecule has 0 radical (unpaired) electrons. The van der Waals surface area contributed by atoms with Crippen molar-refractivity contribution in [3.05, 3.63) is 144 Å². The van der Waals surface area contributed by atoms with Gasteiger partial charge in [-0.1, -0.05) is 72.8 Å². The van der Waals surface area contributed by atoms with Gasteiger partial charge in [-0.15, -0.1) is 0 Å². The van der Waals surface area contributed by atoms with Crippen molar-refractivity contribution in [3.8, 4) is 11.5 Å². The van der Waals surface area contributed by atoms with Crippen molar-refractivity contribution in [3.63, 3.8) is 0 Å². The first-order valence-electron chi connectivity index (χ1n) is 12.4. The Balaban J connectivity index is 1.55. The van der Waals surface area contributed by atoms with Crippen LogP contribution < -0.4 is 9.64 Å². The molecule has 1 N–H and O–H groups in total. The molecule has 6 heteroatoms. The number of aliphatic hydroxyl groups is 1. The van der Waals surface area contributed by atoms with Crippen molar-refractivity contribution >= 4 is 33.9 Å². The number of amides is 1. The lowest BCUT2D eigenvalue weighted by Gasteiger charge is -2.26. The molecule has 190 valence electrons. The molecule has 5 nitrogen and oxygen atoms in total. The van der Waals surface area contributed by atoms with Crippen molar-refractivity contribution in [1.29, 1.82) is 0 Å². The van der Waals surface area contributed by atoms with Crippen molar-refractivity contribution in [1.82, 2.24) is 0 Å². The predicted octanol–water partition coefficient (Wildman–Crippen LogP) is 7.40. The largest absolute Gasteiger partial charge is 0.507 e. The van der Waals surface area contributed by atoms with E-state index in [9.17, 15) is 19.1 Å². The van der Waals surface area contributed by atoms with E-state index >= 15 is 0 Å². The van der Waals surface area contributed by atoms with E-state index in [-0.39, 0.29) is 11.3 Å². The molecule has 1 heterocycles. The summed E-state index contributed by atoms with van der Waals surface area (Å²) in [6.07, 6.45) is 0. The second-order valence-corrected chi connectivity index (χ2v) is 9.16. The summed E-state index contributed by atoms with van der Waals surface area (Å²) in [7, 11) is 0. The van der Waals surface area contributed by atoms with Gasteiger partial charge in [0.1, 0.15) is 23.1 Å². The Morgan fingerprint density at radius 1 is 0.744 bits per heavy atom. The number of aliphatic hydroxyl groups excluding tert-OH is 1. The van der Waals surface area contributed by atoms with Gasteiger partial charge in [0.15, 0.2) is 0 Å². The quantitative estimate of drug-likeness (QED) is 0.150. The highest BCUT2D eigenvalue weighted by atomic mass is 19.1. The lowest BCUT2D eigenvalue weighted by atomic mass is 9.93. The van der Waals surface area contributed by atoms with Crippen LogP contribution in [0.3, 0.4) is 0 Å². The van der Waals surface area contributed by atoms with Crippen molar-refractivity contribution in [2.75, 3.05) is 4.90 Å². The zero-order valence-electron chi connectivity index (χ0n) is 20.6. The van der Waals surface area contributed by atoms with Gasteiger partial charge in [-0.05, 0) is 64.9 Å². The molecule has 0 saturated carbocycles. The molecule has 39 heavy (non-hydrogen) atoms. The lowest BCUT2D eigenvalue weighted by molar-refractivity contribution is -0.132. The second-order valence-electron chi connectivity index (χ2n) is 9.16. The maximum absolute atomic E-state index is 13.8. The molecule has 0 bridgehead atoms. The van der Waals surface area contributed by atoms with Gasteiger partial charge in [-0.3, -0.25) is 14.5 Å². The van der Waals surface area contributed by atoms with Gasteiger partial charge in [-0.25, -0.2) is 4.39 Å². The summed E-state index contributed by atoms with van der Waals surface area (Å²) in [6.45, 7) is 0. The highest BCUT2D eigenvalue weighted by molar-refractivity contribution is 6.51. The molecule has 1 unspecified atom stereocenters. The molecule has 1 amide bonds. The Morgan fingerprint density at radius 3 is 2.21 bits per heavy atom. The van der Waals surface area contributed by atoms with E-state index in [1.54, 1.807) is 36.4 Å². The fraction of sp³-hybridized carbons (Fsp3) is 0.0303. The van der Waals surface area contributed by atoms with Crippen LogP contribution in [0.15, 0.2) is 127 Å². The molecular weight excluding hydrogens is 493 g/mol.